The van der Waals surface area contributed by atoms with Gasteiger partial charge in [0.1, 0.15) is 5.82 Å². The van der Waals surface area contributed by atoms with Gasteiger partial charge in [0.05, 0.1) is 10.9 Å². The molecule has 4 nitrogen and oxygen atoms in total. The van der Waals surface area contributed by atoms with E-state index in [2.05, 4.69) is 46.1 Å². The quantitative estimate of drug-likeness (QED) is 0.820. The Morgan fingerprint density at radius 2 is 2.31 bits per heavy atom. The van der Waals surface area contributed by atoms with Crippen molar-refractivity contribution in [3.05, 3.63) is 22.8 Å². The predicted molar refractivity (Wildman–Crippen MR) is 64.5 cm³/mol. The van der Waals surface area contributed by atoms with Gasteiger partial charge in [0.25, 0.3) is 0 Å². The van der Waals surface area contributed by atoms with Gasteiger partial charge in [-0.2, -0.15) is 0 Å². The summed E-state index contributed by atoms with van der Waals surface area (Å²) in [6.07, 6.45) is 0. The third-order valence-electron chi connectivity index (χ3n) is 2.91. The zero-order valence-corrected chi connectivity index (χ0v) is 10.2. The smallest absolute Gasteiger partial charge is 0.174 e. The van der Waals surface area contributed by atoms with Gasteiger partial charge in [-0.3, -0.25) is 0 Å². The third-order valence-corrected chi connectivity index (χ3v) is 3.91. The van der Waals surface area contributed by atoms with E-state index in [-0.39, 0.29) is 0 Å². The second-order valence-corrected chi connectivity index (χ2v) is 5.41. The molecule has 0 radical (unpaired) electrons. The Hall–Kier alpha value is -1.20. The first kappa shape index (κ1) is 9.99. The summed E-state index contributed by atoms with van der Waals surface area (Å²) in [5.41, 5.74) is 0. The van der Waals surface area contributed by atoms with Crippen molar-refractivity contribution < 1.29 is 0 Å². The molecule has 1 N–H and O–H groups in total. The lowest BCUT2D eigenvalue weighted by molar-refractivity contribution is 0.439. The zero-order chi connectivity index (χ0) is 11.1. The number of aryl methyl sites for hydroxylation is 1. The highest BCUT2D eigenvalue weighted by molar-refractivity contribution is 7.15. The summed E-state index contributed by atoms with van der Waals surface area (Å²) in [5.74, 6) is 2.06. The largest absolute Gasteiger partial charge is 0.308 e. The van der Waals surface area contributed by atoms with Gasteiger partial charge >= 0.3 is 0 Å². The Labute approximate surface area is 98.3 Å². The van der Waals surface area contributed by atoms with Gasteiger partial charge in [0.2, 0.25) is 0 Å². The van der Waals surface area contributed by atoms with Gasteiger partial charge in [0, 0.05) is 18.0 Å². The van der Waals surface area contributed by atoms with Crippen molar-refractivity contribution in [3.8, 4) is 10.7 Å². The summed E-state index contributed by atoms with van der Waals surface area (Å²) in [6, 6.07) is 4.56. The molecule has 2 aromatic heterocycles. The van der Waals surface area contributed by atoms with Crippen molar-refractivity contribution in [1.82, 2.24) is 20.1 Å². The average molecular weight is 234 g/mol. The molecular weight excluding hydrogens is 220 g/mol. The van der Waals surface area contributed by atoms with Crippen LogP contribution in [0.1, 0.15) is 23.7 Å². The maximum Gasteiger partial charge on any atom is 0.174 e. The second kappa shape index (κ2) is 3.68. The van der Waals surface area contributed by atoms with E-state index in [0.717, 1.165) is 24.7 Å². The van der Waals surface area contributed by atoms with Crippen LogP contribution >= 0.6 is 11.3 Å². The Bertz CT molecular complexity index is 514. The van der Waals surface area contributed by atoms with E-state index in [1.54, 1.807) is 11.3 Å². The van der Waals surface area contributed by atoms with Crippen molar-refractivity contribution in [3.63, 3.8) is 0 Å². The number of rotatable bonds is 1. The fourth-order valence-electron chi connectivity index (χ4n) is 2.08. The number of hydrogen-bond donors (Lipinski definition) is 1. The number of thiophene rings is 1. The molecule has 1 unspecified atom stereocenters. The number of hydrogen-bond acceptors (Lipinski definition) is 4. The van der Waals surface area contributed by atoms with E-state index in [1.165, 1.54) is 9.75 Å². The van der Waals surface area contributed by atoms with Gasteiger partial charge in [-0.25, -0.2) is 0 Å². The minimum atomic E-state index is 0.302. The second-order valence-electron chi connectivity index (χ2n) is 4.12. The molecule has 0 saturated carbocycles. The summed E-state index contributed by atoms with van der Waals surface area (Å²) >= 11 is 1.78. The van der Waals surface area contributed by atoms with Crippen LogP contribution in [0.15, 0.2) is 12.1 Å². The van der Waals surface area contributed by atoms with E-state index in [0.29, 0.717) is 6.04 Å². The van der Waals surface area contributed by atoms with Crippen molar-refractivity contribution in [2.75, 3.05) is 6.54 Å². The minimum Gasteiger partial charge on any atom is -0.308 e. The van der Waals surface area contributed by atoms with E-state index >= 15 is 0 Å². The molecule has 3 rings (SSSR count). The number of nitrogens with one attached hydrogen (secondary N) is 1. The van der Waals surface area contributed by atoms with Crippen molar-refractivity contribution >= 4 is 11.3 Å². The molecule has 84 valence electrons. The van der Waals surface area contributed by atoms with Crippen LogP contribution in [0.5, 0.6) is 0 Å². The molecule has 1 aliphatic heterocycles. The maximum atomic E-state index is 4.32. The van der Waals surface area contributed by atoms with Crippen LogP contribution in [0, 0.1) is 6.92 Å². The Morgan fingerprint density at radius 1 is 1.44 bits per heavy atom. The van der Waals surface area contributed by atoms with Gasteiger partial charge in [-0.1, -0.05) is 0 Å². The third kappa shape index (κ3) is 1.47. The lowest BCUT2D eigenvalue weighted by Gasteiger charge is -2.21. The lowest BCUT2D eigenvalue weighted by atomic mass is 10.2. The van der Waals surface area contributed by atoms with Crippen LogP contribution in [-0.4, -0.2) is 21.3 Å². The molecule has 0 aliphatic carbocycles. The fraction of sp³-hybridized carbons (Fsp3) is 0.455. The van der Waals surface area contributed by atoms with Crippen molar-refractivity contribution in [1.29, 1.82) is 0 Å². The normalized spacial score (nSPS) is 19.8. The standard InChI is InChI=1S/C11H14N4S/c1-7-3-4-9(16-7)11-14-13-10-8(2)12-5-6-15(10)11/h3-4,8,12H,5-6H2,1-2H3. The van der Waals surface area contributed by atoms with Gasteiger partial charge in [0.15, 0.2) is 5.82 Å². The van der Waals surface area contributed by atoms with Crippen LogP contribution in [0.3, 0.4) is 0 Å². The summed E-state index contributed by atoms with van der Waals surface area (Å²) in [4.78, 5) is 2.53. The first-order chi connectivity index (χ1) is 7.75. The van der Waals surface area contributed by atoms with Gasteiger partial charge in [-0.15, -0.1) is 21.5 Å². The molecular formula is C11H14N4S. The number of nitrogens with zero attached hydrogens (tertiary/aromatic N) is 3. The first-order valence-electron chi connectivity index (χ1n) is 5.49. The summed E-state index contributed by atoms with van der Waals surface area (Å²) in [5, 5.41) is 12.0. The van der Waals surface area contributed by atoms with E-state index < -0.39 is 0 Å². The molecule has 3 heterocycles. The molecule has 5 heteroatoms. The van der Waals surface area contributed by atoms with Crippen LogP contribution in [-0.2, 0) is 6.54 Å². The highest BCUT2D eigenvalue weighted by Crippen LogP contribution is 2.28. The van der Waals surface area contributed by atoms with Crippen LogP contribution < -0.4 is 5.32 Å². The molecule has 0 saturated heterocycles. The predicted octanol–water partition coefficient (Wildman–Crippen LogP) is 1.98. The van der Waals surface area contributed by atoms with Crippen LogP contribution in [0.25, 0.3) is 10.7 Å². The molecule has 0 spiro atoms. The first-order valence-corrected chi connectivity index (χ1v) is 6.30. The SMILES string of the molecule is Cc1ccc(-c2nnc3n2CCNC3C)s1. The summed E-state index contributed by atoms with van der Waals surface area (Å²) in [6.45, 7) is 6.19. The summed E-state index contributed by atoms with van der Waals surface area (Å²) in [7, 11) is 0. The zero-order valence-electron chi connectivity index (χ0n) is 9.40. The monoisotopic (exact) mass is 234 g/mol. The topological polar surface area (TPSA) is 42.7 Å². The molecule has 0 fully saturated rings. The Morgan fingerprint density at radius 3 is 3.06 bits per heavy atom. The molecule has 0 amide bonds. The minimum absolute atomic E-state index is 0.302. The molecule has 1 atom stereocenters. The average Bonchev–Trinajstić information content (AvgIpc) is 2.84. The molecule has 16 heavy (non-hydrogen) atoms. The number of fused-ring (bicyclic) bond motifs is 1. The number of aromatic nitrogens is 3. The molecule has 2 aromatic rings. The van der Waals surface area contributed by atoms with Gasteiger partial charge in [-0.05, 0) is 26.0 Å². The van der Waals surface area contributed by atoms with E-state index in [1.807, 2.05) is 0 Å². The Kier molecular flexibility index (Phi) is 2.29. The Balaban J connectivity index is 2.09. The molecule has 1 aliphatic rings. The van der Waals surface area contributed by atoms with Crippen molar-refractivity contribution in [2.45, 2.75) is 26.4 Å². The maximum absolute atomic E-state index is 4.32. The molecule has 0 aromatic carbocycles. The lowest BCUT2D eigenvalue weighted by Crippen LogP contribution is -2.32. The van der Waals surface area contributed by atoms with Gasteiger partial charge < -0.3 is 9.88 Å². The molecule has 0 bridgehead atoms. The fourth-order valence-corrected chi connectivity index (χ4v) is 2.94. The van der Waals surface area contributed by atoms with Crippen LogP contribution in [0.4, 0.5) is 0 Å². The van der Waals surface area contributed by atoms with Crippen LogP contribution in [0.2, 0.25) is 0 Å². The van der Waals surface area contributed by atoms with E-state index in [9.17, 15) is 0 Å². The van der Waals surface area contributed by atoms with Crippen molar-refractivity contribution in [2.24, 2.45) is 0 Å². The highest BCUT2D eigenvalue weighted by Gasteiger charge is 2.22. The summed E-state index contributed by atoms with van der Waals surface area (Å²) < 4.78 is 2.23. The highest BCUT2D eigenvalue weighted by atomic mass is 32.1. The van der Waals surface area contributed by atoms with E-state index in [4.69, 9.17) is 0 Å².